The molecule has 32 heavy (non-hydrogen) atoms. The fraction of sp³-hybridized carbons (Fsp3) is 0.481. The lowest BCUT2D eigenvalue weighted by molar-refractivity contribution is -0.152. The minimum atomic E-state index is -1.30. The molecule has 1 amide bonds. The molecule has 2 aromatic rings. The van der Waals surface area contributed by atoms with E-state index >= 15 is 0 Å². The Kier molecular flexibility index (Phi) is 6.97. The molecule has 3 rings (SSSR count). The van der Waals surface area contributed by atoms with E-state index in [1.165, 1.54) is 19.4 Å². The average Bonchev–Trinajstić information content (AvgIpc) is 2.73. The van der Waals surface area contributed by atoms with Gasteiger partial charge in [0.25, 0.3) is 0 Å². The number of ether oxygens (including phenoxy) is 1. The lowest BCUT2D eigenvalue weighted by Crippen LogP contribution is -2.40. The van der Waals surface area contributed by atoms with Crippen molar-refractivity contribution < 1.29 is 19.4 Å². The molecule has 0 saturated carbocycles. The zero-order chi connectivity index (χ0) is 23.5. The van der Waals surface area contributed by atoms with Gasteiger partial charge in [-0.3, -0.25) is 4.79 Å². The van der Waals surface area contributed by atoms with Crippen LogP contribution in [-0.2, 0) is 21.4 Å². The molecule has 1 aliphatic heterocycles. The summed E-state index contributed by atoms with van der Waals surface area (Å²) in [5.74, 6) is -0.102. The Hall–Kier alpha value is -2.82. The number of hydrogen-bond donors (Lipinski definition) is 1. The predicted molar refractivity (Wildman–Crippen MR) is 126 cm³/mol. The van der Waals surface area contributed by atoms with Gasteiger partial charge in [-0.15, -0.1) is 0 Å². The maximum Gasteiger partial charge on any atom is 0.347 e. The number of rotatable bonds is 6. The second-order valence-corrected chi connectivity index (χ2v) is 10.3. The van der Waals surface area contributed by atoms with Crippen LogP contribution < -0.4 is 4.74 Å². The van der Waals surface area contributed by atoms with Gasteiger partial charge in [0, 0.05) is 19.0 Å². The number of carboxylic acid groups (broad SMARTS) is 1. The fourth-order valence-corrected chi connectivity index (χ4v) is 4.06. The minimum Gasteiger partial charge on any atom is -0.478 e. The molecule has 0 bridgehead atoms. The Balaban J connectivity index is 1.65. The number of carbonyl (C=O) groups is 2. The first kappa shape index (κ1) is 23.8. The average molecular weight is 438 g/mol. The molecule has 172 valence electrons. The lowest BCUT2D eigenvalue weighted by atomic mass is 9.86. The molecular weight excluding hydrogens is 402 g/mol. The van der Waals surface area contributed by atoms with Gasteiger partial charge in [0.05, 0.1) is 6.42 Å². The van der Waals surface area contributed by atoms with Crippen LogP contribution in [-0.4, -0.2) is 40.6 Å². The Morgan fingerprint density at radius 2 is 1.75 bits per heavy atom. The zero-order valence-electron chi connectivity index (χ0n) is 19.9. The molecule has 1 heterocycles. The van der Waals surface area contributed by atoms with Gasteiger partial charge in [-0.2, -0.15) is 0 Å². The quantitative estimate of drug-likeness (QED) is 0.677. The Morgan fingerprint density at radius 3 is 2.38 bits per heavy atom. The van der Waals surface area contributed by atoms with Gasteiger partial charge in [-0.1, -0.05) is 57.2 Å². The van der Waals surface area contributed by atoms with Crippen LogP contribution in [0.15, 0.2) is 48.5 Å². The Bertz CT molecular complexity index is 956. The standard InChI is InChI=1S/C27H35NO4/c1-26(2,3)22-13-11-19(12-14-22)16-24(29)28-15-7-9-21(18-28)20-8-6-10-23(17-20)32-27(4,5)25(30)31/h6,8,10-14,17,21H,7,9,15-16,18H2,1-5H3,(H,30,31)/t21-/m0/s1. The zero-order valence-corrected chi connectivity index (χ0v) is 19.9. The Morgan fingerprint density at radius 1 is 1.06 bits per heavy atom. The van der Waals surface area contributed by atoms with E-state index in [1.807, 2.05) is 23.1 Å². The Labute approximate surface area is 191 Å². The van der Waals surface area contributed by atoms with Gasteiger partial charge in [0.2, 0.25) is 5.91 Å². The summed E-state index contributed by atoms with van der Waals surface area (Å²) in [5.41, 5.74) is 2.18. The summed E-state index contributed by atoms with van der Waals surface area (Å²) in [4.78, 5) is 26.3. The smallest absolute Gasteiger partial charge is 0.347 e. The number of nitrogens with zero attached hydrogens (tertiary/aromatic N) is 1. The van der Waals surface area contributed by atoms with Crippen molar-refractivity contribution in [2.75, 3.05) is 13.1 Å². The molecule has 1 fully saturated rings. The second kappa shape index (κ2) is 9.35. The fourth-order valence-electron chi connectivity index (χ4n) is 4.06. The molecule has 0 radical (unpaired) electrons. The van der Waals surface area contributed by atoms with Gasteiger partial charge in [-0.05, 0) is 60.9 Å². The van der Waals surface area contributed by atoms with Crippen LogP contribution >= 0.6 is 0 Å². The third kappa shape index (κ3) is 5.90. The number of piperidine rings is 1. The monoisotopic (exact) mass is 437 g/mol. The van der Waals surface area contributed by atoms with Crippen LogP contribution in [0.1, 0.15) is 70.1 Å². The van der Waals surface area contributed by atoms with Crippen LogP contribution in [0, 0.1) is 0 Å². The third-order valence-corrected chi connectivity index (χ3v) is 6.17. The summed E-state index contributed by atoms with van der Waals surface area (Å²) in [5, 5.41) is 9.32. The summed E-state index contributed by atoms with van der Waals surface area (Å²) in [7, 11) is 0. The van der Waals surface area contributed by atoms with Crippen molar-refractivity contribution in [1.29, 1.82) is 0 Å². The molecule has 5 heteroatoms. The molecule has 1 atom stereocenters. The van der Waals surface area contributed by atoms with Gasteiger partial charge < -0.3 is 14.7 Å². The number of carbonyl (C=O) groups excluding carboxylic acids is 1. The SMILES string of the molecule is CC(C)(Oc1cccc([C@H]2CCCN(C(=O)Cc3ccc(C(C)(C)C)cc3)C2)c1)C(=O)O. The van der Waals surface area contributed by atoms with Gasteiger partial charge >= 0.3 is 5.97 Å². The number of carboxylic acids is 1. The number of aliphatic carboxylic acids is 1. The predicted octanol–water partition coefficient (Wildman–Crippen LogP) is 5.17. The van der Waals surface area contributed by atoms with Crippen LogP contribution in [0.5, 0.6) is 5.75 Å². The second-order valence-electron chi connectivity index (χ2n) is 10.3. The van der Waals surface area contributed by atoms with E-state index in [0.29, 0.717) is 18.7 Å². The van der Waals surface area contributed by atoms with Crippen LogP contribution in [0.2, 0.25) is 0 Å². The molecular formula is C27H35NO4. The first-order valence-electron chi connectivity index (χ1n) is 11.4. The number of likely N-dealkylation sites (tertiary alicyclic amines) is 1. The van der Waals surface area contributed by atoms with Gasteiger partial charge in [-0.25, -0.2) is 4.79 Å². The van der Waals surface area contributed by atoms with Crippen molar-refractivity contribution in [3.05, 3.63) is 65.2 Å². The topological polar surface area (TPSA) is 66.8 Å². The highest BCUT2D eigenvalue weighted by Crippen LogP contribution is 2.31. The maximum absolute atomic E-state index is 13.0. The first-order chi connectivity index (χ1) is 15.0. The molecule has 1 aliphatic rings. The summed E-state index contributed by atoms with van der Waals surface area (Å²) in [6.07, 6.45) is 2.36. The molecule has 5 nitrogen and oxygen atoms in total. The van der Waals surface area contributed by atoms with E-state index in [4.69, 9.17) is 4.74 Å². The van der Waals surface area contributed by atoms with Crippen molar-refractivity contribution in [2.45, 2.75) is 70.8 Å². The molecule has 0 aromatic heterocycles. The molecule has 0 spiro atoms. The van der Waals surface area contributed by atoms with Crippen molar-refractivity contribution in [2.24, 2.45) is 0 Å². The number of amides is 1. The largest absolute Gasteiger partial charge is 0.478 e. The highest BCUT2D eigenvalue weighted by molar-refractivity contribution is 5.79. The van der Waals surface area contributed by atoms with E-state index in [0.717, 1.165) is 30.5 Å². The van der Waals surface area contributed by atoms with E-state index in [2.05, 4.69) is 45.0 Å². The highest BCUT2D eigenvalue weighted by Gasteiger charge is 2.30. The lowest BCUT2D eigenvalue weighted by Gasteiger charge is -2.33. The van der Waals surface area contributed by atoms with Crippen molar-refractivity contribution in [3.8, 4) is 5.75 Å². The van der Waals surface area contributed by atoms with Crippen LogP contribution in [0.3, 0.4) is 0 Å². The number of benzene rings is 2. The molecule has 0 unspecified atom stereocenters. The minimum absolute atomic E-state index is 0.0978. The van der Waals surface area contributed by atoms with Crippen molar-refractivity contribution in [1.82, 2.24) is 4.90 Å². The van der Waals surface area contributed by atoms with Gasteiger partial charge in [0.15, 0.2) is 5.60 Å². The van der Waals surface area contributed by atoms with Crippen molar-refractivity contribution >= 4 is 11.9 Å². The van der Waals surface area contributed by atoms with Crippen molar-refractivity contribution in [3.63, 3.8) is 0 Å². The molecule has 1 N–H and O–H groups in total. The summed E-state index contributed by atoms with van der Waals surface area (Å²) in [6.45, 7) is 11.1. The molecule has 0 aliphatic carbocycles. The third-order valence-electron chi connectivity index (χ3n) is 6.17. The molecule has 1 saturated heterocycles. The molecule has 2 aromatic carbocycles. The van der Waals surface area contributed by atoms with E-state index in [-0.39, 0.29) is 17.2 Å². The van der Waals surface area contributed by atoms with Crippen LogP contribution in [0.4, 0.5) is 0 Å². The maximum atomic E-state index is 13.0. The highest BCUT2D eigenvalue weighted by atomic mass is 16.5. The summed E-state index contributed by atoms with van der Waals surface area (Å²) in [6, 6.07) is 16.0. The van der Waals surface area contributed by atoms with E-state index < -0.39 is 11.6 Å². The van der Waals surface area contributed by atoms with Gasteiger partial charge in [0.1, 0.15) is 5.75 Å². The first-order valence-corrected chi connectivity index (χ1v) is 11.4. The summed E-state index contributed by atoms with van der Waals surface area (Å²) < 4.78 is 5.70. The normalized spacial score (nSPS) is 17.2. The number of hydrogen-bond acceptors (Lipinski definition) is 3. The van der Waals surface area contributed by atoms with E-state index in [1.54, 1.807) is 6.07 Å². The van der Waals surface area contributed by atoms with Crippen LogP contribution in [0.25, 0.3) is 0 Å². The summed E-state index contributed by atoms with van der Waals surface area (Å²) >= 11 is 0. The van der Waals surface area contributed by atoms with E-state index in [9.17, 15) is 14.7 Å².